The quantitative estimate of drug-likeness (QED) is 0.612. The molecule has 1 amide bonds. The first kappa shape index (κ1) is 14.2. The molecule has 1 heterocycles. The van der Waals surface area contributed by atoms with Gasteiger partial charge >= 0.3 is 5.69 Å². The number of H-pyrrole nitrogens is 2. The number of benzene rings is 1. The molecular formula is C12H11N5O4. The van der Waals surface area contributed by atoms with Crippen molar-refractivity contribution in [2.45, 2.75) is 0 Å². The molecule has 0 aliphatic carbocycles. The summed E-state index contributed by atoms with van der Waals surface area (Å²) < 4.78 is 0. The molecule has 2 rings (SSSR count). The maximum Gasteiger partial charge on any atom is 0.328 e. The number of rotatable bonds is 3. The monoisotopic (exact) mass is 289 g/mol. The minimum Gasteiger partial charge on any atom is -0.493 e. The van der Waals surface area contributed by atoms with Crippen LogP contribution in [0.3, 0.4) is 0 Å². The second-order valence-corrected chi connectivity index (χ2v) is 3.93. The molecule has 9 heteroatoms. The van der Waals surface area contributed by atoms with Crippen LogP contribution in [0, 0.1) is 0 Å². The maximum absolute atomic E-state index is 11.4. The normalized spacial score (nSPS) is 10.7. The minimum absolute atomic E-state index is 0.242. The van der Waals surface area contributed by atoms with Crippen molar-refractivity contribution in [2.24, 2.45) is 10.2 Å². The summed E-state index contributed by atoms with van der Waals surface area (Å²) in [4.78, 5) is 37.6. The van der Waals surface area contributed by atoms with E-state index in [0.29, 0.717) is 11.3 Å². The van der Waals surface area contributed by atoms with E-state index in [4.69, 9.17) is 0 Å². The van der Waals surface area contributed by atoms with Crippen molar-refractivity contribution in [1.29, 1.82) is 0 Å². The minimum atomic E-state index is -0.859. The number of hydrogen-bond donors (Lipinski definition) is 4. The number of aromatic amines is 2. The second kappa shape index (κ2) is 5.82. The zero-order valence-corrected chi connectivity index (χ0v) is 10.9. The summed E-state index contributed by atoms with van der Waals surface area (Å²) in [5.74, 6) is -0.914. The van der Waals surface area contributed by atoms with E-state index in [-0.39, 0.29) is 5.91 Å². The fraction of sp³-hybridized carbons (Fsp3) is 0.0833. The average molecular weight is 289 g/mol. The molecule has 4 N–H and O–H groups in total. The van der Waals surface area contributed by atoms with E-state index >= 15 is 0 Å². The molecular weight excluding hydrogens is 278 g/mol. The molecule has 0 saturated carbocycles. The van der Waals surface area contributed by atoms with E-state index in [2.05, 4.69) is 15.5 Å². The van der Waals surface area contributed by atoms with Crippen molar-refractivity contribution in [1.82, 2.24) is 15.3 Å². The van der Waals surface area contributed by atoms with Gasteiger partial charge in [-0.2, -0.15) is 5.11 Å². The molecule has 0 spiro atoms. The van der Waals surface area contributed by atoms with Gasteiger partial charge in [0.25, 0.3) is 11.5 Å². The molecule has 0 unspecified atom stereocenters. The van der Waals surface area contributed by atoms with Crippen molar-refractivity contribution >= 4 is 17.3 Å². The number of aromatic nitrogens is 2. The lowest BCUT2D eigenvalue weighted by Gasteiger charge is -1.99. The average Bonchev–Trinajstić information content (AvgIpc) is 2.46. The Morgan fingerprint density at radius 1 is 1.14 bits per heavy atom. The number of carbonyl (C=O) groups is 1. The fourth-order valence-corrected chi connectivity index (χ4v) is 1.49. The predicted molar refractivity (Wildman–Crippen MR) is 73.4 cm³/mol. The molecule has 0 fully saturated rings. The molecule has 0 saturated heterocycles. The highest BCUT2D eigenvalue weighted by Gasteiger charge is 2.07. The number of nitrogens with zero attached hydrogens (tertiary/aromatic N) is 2. The Morgan fingerprint density at radius 3 is 2.38 bits per heavy atom. The van der Waals surface area contributed by atoms with Crippen LogP contribution in [-0.4, -0.2) is 28.0 Å². The summed E-state index contributed by atoms with van der Waals surface area (Å²) >= 11 is 0. The van der Waals surface area contributed by atoms with Crippen LogP contribution in [0.5, 0.6) is 5.88 Å². The van der Waals surface area contributed by atoms with Gasteiger partial charge in [-0.25, -0.2) is 4.79 Å². The summed E-state index contributed by atoms with van der Waals surface area (Å²) in [6.07, 6.45) is 0. The summed E-state index contributed by atoms with van der Waals surface area (Å²) in [5, 5.41) is 19.2. The third kappa shape index (κ3) is 3.21. The third-order valence-electron chi connectivity index (χ3n) is 2.52. The molecule has 0 aliphatic heterocycles. The molecule has 108 valence electrons. The van der Waals surface area contributed by atoms with Crippen molar-refractivity contribution in [3.63, 3.8) is 0 Å². The zero-order chi connectivity index (χ0) is 15.4. The number of carbonyl (C=O) groups excluding carboxylic acids is 1. The number of nitrogens with one attached hydrogen (secondary N) is 3. The number of hydrogen-bond acceptors (Lipinski definition) is 6. The first-order valence-corrected chi connectivity index (χ1v) is 5.80. The Labute approximate surface area is 117 Å². The fourth-order valence-electron chi connectivity index (χ4n) is 1.49. The van der Waals surface area contributed by atoms with E-state index in [0.717, 1.165) is 0 Å². The van der Waals surface area contributed by atoms with Crippen LogP contribution in [-0.2, 0) is 0 Å². The van der Waals surface area contributed by atoms with E-state index in [9.17, 15) is 19.5 Å². The van der Waals surface area contributed by atoms with Gasteiger partial charge in [0.05, 0.1) is 5.69 Å². The van der Waals surface area contributed by atoms with Gasteiger partial charge in [0.15, 0.2) is 0 Å². The number of azo groups is 1. The van der Waals surface area contributed by atoms with Crippen molar-refractivity contribution in [3.05, 3.63) is 50.7 Å². The van der Waals surface area contributed by atoms with Crippen molar-refractivity contribution < 1.29 is 9.90 Å². The smallest absolute Gasteiger partial charge is 0.328 e. The van der Waals surface area contributed by atoms with Gasteiger partial charge in [-0.15, -0.1) is 5.11 Å². The Hall–Kier alpha value is -3.23. The van der Waals surface area contributed by atoms with Gasteiger partial charge in [0.1, 0.15) is 0 Å². The summed E-state index contributed by atoms with van der Waals surface area (Å²) in [7, 11) is 1.52. The second-order valence-electron chi connectivity index (χ2n) is 3.93. The molecule has 1 aromatic carbocycles. The summed E-state index contributed by atoms with van der Waals surface area (Å²) in [6, 6.07) is 6.10. The molecule has 2 aromatic rings. The van der Waals surface area contributed by atoms with Crippen molar-refractivity contribution in [3.8, 4) is 5.88 Å². The predicted octanol–water partition coefficient (Wildman–Crippen LogP) is 0.544. The molecule has 0 bridgehead atoms. The molecule has 1 aromatic heterocycles. The van der Waals surface area contributed by atoms with Gasteiger partial charge in [0, 0.05) is 12.6 Å². The molecule has 9 nitrogen and oxygen atoms in total. The summed E-state index contributed by atoms with van der Waals surface area (Å²) in [5.41, 5.74) is -1.30. The first-order valence-electron chi connectivity index (χ1n) is 5.80. The van der Waals surface area contributed by atoms with Crippen LogP contribution in [0.2, 0.25) is 0 Å². The van der Waals surface area contributed by atoms with Crippen LogP contribution >= 0.6 is 0 Å². The van der Waals surface area contributed by atoms with Gasteiger partial charge in [0.2, 0.25) is 11.6 Å². The van der Waals surface area contributed by atoms with E-state index in [1.807, 2.05) is 9.97 Å². The Morgan fingerprint density at radius 2 is 1.81 bits per heavy atom. The lowest BCUT2D eigenvalue weighted by atomic mass is 10.2. The highest BCUT2D eigenvalue weighted by atomic mass is 16.3. The Bertz CT molecular complexity index is 804. The van der Waals surface area contributed by atoms with E-state index < -0.39 is 22.8 Å². The van der Waals surface area contributed by atoms with Crippen LogP contribution in [0.15, 0.2) is 44.1 Å². The highest BCUT2D eigenvalue weighted by Crippen LogP contribution is 2.20. The van der Waals surface area contributed by atoms with Gasteiger partial charge < -0.3 is 10.4 Å². The van der Waals surface area contributed by atoms with Crippen LogP contribution in [0.25, 0.3) is 0 Å². The highest BCUT2D eigenvalue weighted by molar-refractivity contribution is 5.94. The topological polar surface area (TPSA) is 140 Å². The summed E-state index contributed by atoms with van der Waals surface area (Å²) in [6.45, 7) is 0. The maximum atomic E-state index is 11.4. The van der Waals surface area contributed by atoms with Crippen LogP contribution < -0.4 is 16.6 Å². The SMILES string of the molecule is CNC(=O)c1ccc(N=Nc2c(O)[nH]c(=O)[nH]c2=O)cc1. The van der Waals surface area contributed by atoms with E-state index in [1.54, 1.807) is 0 Å². The molecule has 0 atom stereocenters. The standard InChI is InChI=1S/C12H11N5O4/c1-13-9(18)6-2-4-7(5-3-6)16-17-8-10(19)14-12(21)15-11(8)20/h2-5H,1H3,(H,13,18)(H3,14,15,19,20,21). The molecule has 21 heavy (non-hydrogen) atoms. The van der Waals surface area contributed by atoms with Gasteiger partial charge in [-0.3, -0.25) is 19.6 Å². The van der Waals surface area contributed by atoms with Gasteiger partial charge in [-0.1, -0.05) is 0 Å². The number of aromatic hydroxyl groups is 1. The van der Waals surface area contributed by atoms with E-state index in [1.165, 1.54) is 31.3 Å². The molecule has 0 aliphatic rings. The Kier molecular flexibility index (Phi) is 3.93. The lowest BCUT2D eigenvalue weighted by Crippen LogP contribution is -2.20. The third-order valence-corrected chi connectivity index (χ3v) is 2.52. The first-order chi connectivity index (χ1) is 10.0. The zero-order valence-electron chi connectivity index (χ0n) is 10.9. The van der Waals surface area contributed by atoms with Crippen LogP contribution in [0.1, 0.15) is 10.4 Å². The van der Waals surface area contributed by atoms with Crippen molar-refractivity contribution in [2.75, 3.05) is 7.05 Å². The molecule has 0 radical (unpaired) electrons. The van der Waals surface area contributed by atoms with Crippen LogP contribution in [0.4, 0.5) is 11.4 Å². The Balaban J connectivity index is 2.28. The van der Waals surface area contributed by atoms with Gasteiger partial charge in [-0.05, 0) is 24.3 Å². The lowest BCUT2D eigenvalue weighted by molar-refractivity contribution is 0.0963. The number of amides is 1. The largest absolute Gasteiger partial charge is 0.493 e.